The molecule has 2 aliphatic rings. The maximum absolute atomic E-state index is 14.3. The Hall–Kier alpha value is -4.31. The van der Waals surface area contributed by atoms with E-state index in [0.29, 0.717) is 10.6 Å². The highest BCUT2D eigenvalue weighted by Crippen LogP contribution is 2.47. The largest absolute Gasteiger partial charge is 0.480 e. The summed E-state index contributed by atoms with van der Waals surface area (Å²) in [5.41, 5.74) is 0.333. The molecule has 0 aliphatic carbocycles. The number of carboxylic acids is 2. The lowest BCUT2D eigenvalue weighted by atomic mass is 10.2. The van der Waals surface area contributed by atoms with Gasteiger partial charge >= 0.3 is 11.9 Å². The molecule has 270 valence electrons. The molecule has 1 amide bonds. The maximum atomic E-state index is 14.3. The van der Waals surface area contributed by atoms with E-state index in [4.69, 9.17) is 12.2 Å². The summed E-state index contributed by atoms with van der Waals surface area (Å²) in [5, 5.41) is 19.9. The number of anilines is 1. The zero-order valence-corrected chi connectivity index (χ0v) is 31.9. The number of rotatable bonds is 9. The van der Waals surface area contributed by atoms with E-state index in [-0.39, 0.29) is 51.8 Å². The average molecular weight is 819 g/mol. The summed E-state index contributed by atoms with van der Waals surface area (Å²) in [6.45, 7) is 1.25. The summed E-state index contributed by atoms with van der Waals surface area (Å²) in [7, 11) is -2.73. The Labute approximate surface area is 315 Å². The number of amides is 1. The number of benzene rings is 2. The van der Waals surface area contributed by atoms with Gasteiger partial charge < -0.3 is 15.1 Å². The SMILES string of the molecule is CC(C=c1s/c(=c2/s/c(=C3/SC(=S)N(C)C3=O)n(CC(=O)O)c2=O)n(-c2ccc(C(=O)O)cc2)c1=O)=C1Sc2ccccc2N1CCCS(=O)(=O)O. The summed E-state index contributed by atoms with van der Waals surface area (Å²) in [4.78, 5) is 69.0. The number of aromatic nitrogens is 2. The van der Waals surface area contributed by atoms with E-state index in [1.54, 1.807) is 13.0 Å². The second-order valence-electron chi connectivity index (χ2n) is 11.3. The van der Waals surface area contributed by atoms with Crippen molar-refractivity contribution in [2.45, 2.75) is 24.8 Å². The lowest BCUT2D eigenvalue weighted by molar-refractivity contribution is -0.137. The molecule has 4 aromatic rings. The second kappa shape index (κ2) is 14.6. The summed E-state index contributed by atoms with van der Waals surface area (Å²) in [5.74, 6) is -3.48. The van der Waals surface area contributed by atoms with Crippen molar-refractivity contribution in [2.75, 3.05) is 24.2 Å². The molecule has 2 aromatic heterocycles. The van der Waals surface area contributed by atoms with Crippen molar-refractivity contribution in [3.05, 3.63) is 104 Å². The molecule has 2 aliphatic heterocycles. The van der Waals surface area contributed by atoms with Crippen LogP contribution in [0, 0.1) is 9.20 Å². The molecule has 20 heteroatoms. The lowest BCUT2D eigenvalue weighted by Crippen LogP contribution is -2.32. The molecule has 2 aromatic carbocycles. The van der Waals surface area contributed by atoms with Gasteiger partial charge in [0, 0.05) is 18.5 Å². The number of carbonyl (C=O) groups excluding carboxylic acids is 1. The van der Waals surface area contributed by atoms with Crippen LogP contribution >= 0.6 is 58.4 Å². The van der Waals surface area contributed by atoms with Gasteiger partial charge in [-0.1, -0.05) is 47.9 Å². The quantitative estimate of drug-likeness (QED) is 0.165. The van der Waals surface area contributed by atoms with Crippen molar-refractivity contribution in [3.63, 3.8) is 0 Å². The number of hydrogen-bond acceptors (Lipinski definition) is 13. The summed E-state index contributed by atoms with van der Waals surface area (Å²) in [6.07, 6.45) is 1.75. The lowest BCUT2D eigenvalue weighted by Gasteiger charge is -2.21. The van der Waals surface area contributed by atoms with Gasteiger partial charge in [0.2, 0.25) is 0 Å². The third-order valence-corrected chi connectivity index (χ3v) is 14.0. The fourth-order valence-electron chi connectivity index (χ4n) is 5.40. The van der Waals surface area contributed by atoms with Crippen LogP contribution in [-0.4, -0.2) is 78.7 Å². The Bertz CT molecular complexity index is 2690. The van der Waals surface area contributed by atoms with Gasteiger partial charge in [-0.2, -0.15) is 8.42 Å². The fraction of sp³-hybridized carbons (Fsp3) is 0.188. The first-order valence-electron chi connectivity index (χ1n) is 15.0. The molecule has 4 heterocycles. The smallest absolute Gasteiger partial charge is 0.335 e. The molecule has 0 spiro atoms. The Morgan fingerprint density at radius 1 is 0.942 bits per heavy atom. The molecule has 6 rings (SSSR count). The number of nitrogens with zero attached hydrogens (tertiary/aromatic N) is 4. The average Bonchev–Trinajstić information content (AvgIpc) is 3.79. The minimum atomic E-state index is -4.19. The van der Waals surface area contributed by atoms with Gasteiger partial charge in [-0.3, -0.25) is 37.8 Å². The van der Waals surface area contributed by atoms with Gasteiger partial charge in [-0.25, -0.2) is 4.79 Å². The van der Waals surface area contributed by atoms with Crippen LogP contribution < -0.4 is 25.2 Å². The maximum Gasteiger partial charge on any atom is 0.335 e. The summed E-state index contributed by atoms with van der Waals surface area (Å²) >= 11 is 9.40. The number of aliphatic carboxylic acids is 1. The Kier molecular flexibility index (Phi) is 10.5. The first kappa shape index (κ1) is 37.4. The third-order valence-electron chi connectivity index (χ3n) is 7.80. The molecule has 1 saturated heterocycles. The minimum absolute atomic E-state index is 0.0264. The zero-order valence-electron chi connectivity index (χ0n) is 27.0. The Balaban J connectivity index is 1.65. The highest BCUT2D eigenvalue weighted by molar-refractivity contribution is 8.30. The number of hydrogen-bond donors (Lipinski definition) is 3. The van der Waals surface area contributed by atoms with Crippen molar-refractivity contribution < 1.29 is 37.6 Å². The number of thiazole rings is 2. The van der Waals surface area contributed by atoms with Crippen LogP contribution in [0.4, 0.5) is 5.69 Å². The van der Waals surface area contributed by atoms with E-state index in [9.17, 15) is 47.2 Å². The predicted octanol–water partition coefficient (Wildman–Crippen LogP) is 2.69. The molecule has 0 unspecified atom stereocenters. The van der Waals surface area contributed by atoms with Gasteiger partial charge in [0.15, 0.2) is 0 Å². The number of allylic oxidation sites excluding steroid dienone is 1. The van der Waals surface area contributed by atoms with E-state index in [2.05, 4.69) is 0 Å². The number of carbonyl (C=O) groups is 3. The van der Waals surface area contributed by atoms with Crippen LogP contribution in [0.5, 0.6) is 0 Å². The topological polar surface area (TPSA) is 197 Å². The Morgan fingerprint density at radius 2 is 1.63 bits per heavy atom. The molecule has 0 atom stereocenters. The minimum Gasteiger partial charge on any atom is -0.480 e. The van der Waals surface area contributed by atoms with E-state index >= 15 is 0 Å². The van der Waals surface area contributed by atoms with Crippen molar-refractivity contribution in [3.8, 4) is 5.69 Å². The number of thioether (sulfide) groups is 2. The molecule has 0 bridgehead atoms. The molecule has 0 saturated carbocycles. The van der Waals surface area contributed by atoms with Crippen molar-refractivity contribution in [2.24, 2.45) is 0 Å². The first-order chi connectivity index (χ1) is 24.6. The molecular weight excluding hydrogens is 793 g/mol. The van der Waals surface area contributed by atoms with Gasteiger partial charge in [0.25, 0.3) is 27.1 Å². The first-order valence-corrected chi connectivity index (χ1v) is 20.3. The van der Waals surface area contributed by atoms with E-state index in [1.807, 2.05) is 29.2 Å². The molecule has 0 radical (unpaired) electrons. The van der Waals surface area contributed by atoms with Gasteiger partial charge in [-0.15, -0.1) is 22.7 Å². The van der Waals surface area contributed by atoms with Gasteiger partial charge in [0.05, 0.1) is 32.3 Å². The zero-order chi connectivity index (χ0) is 37.6. The van der Waals surface area contributed by atoms with Crippen LogP contribution in [-0.2, 0) is 26.3 Å². The van der Waals surface area contributed by atoms with Crippen LogP contribution in [0.25, 0.3) is 16.7 Å². The van der Waals surface area contributed by atoms with Crippen molar-refractivity contribution in [1.29, 1.82) is 0 Å². The Morgan fingerprint density at radius 3 is 2.25 bits per heavy atom. The monoisotopic (exact) mass is 818 g/mol. The fourth-order valence-corrected chi connectivity index (χ4v) is 10.8. The highest BCUT2D eigenvalue weighted by Gasteiger charge is 2.32. The standard InChI is InChI=1S/C32H26N4O10S6/c1-16(28-34(12-5-13-52(44,45)46)19-6-3-4-7-20(19)48-28)14-21-25(39)36(18-10-8-17(9-11-18)31(42)43)30(49-21)24-27(41)35(15-22(37)38)29(50-24)23-26(40)33(2)32(47)51-23/h3-4,6-11,14H,5,12-13,15H2,1-2H3,(H,37,38)(H,42,43)(H,44,45,46)/b21-14?,28-16?,29-23+,30-24+. The molecule has 14 nitrogen and oxygen atoms in total. The van der Waals surface area contributed by atoms with Gasteiger partial charge in [0.1, 0.15) is 29.6 Å². The van der Waals surface area contributed by atoms with Crippen molar-refractivity contribution in [1.82, 2.24) is 14.0 Å². The summed E-state index contributed by atoms with van der Waals surface area (Å²) < 4.78 is 35.0. The van der Waals surface area contributed by atoms with Crippen LogP contribution in [0.15, 0.2) is 73.6 Å². The van der Waals surface area contributed by atoms with E-state index in [0.717, 1.165) is 49.6 Å². The molecular formula is C32H26N4O10S6. The summed E-state index contributed by atoms with van der Waals surface area (Å²) in [6, 6.07) is 12.9. The molecule has 3 N–H and O–H groups in total. The molecule has 52 heavy (non-hydrogen) atoms. The van der Waals surface area contributed by atoms with Crippen LogP contribution in [0.3, 0.4) is 0 Å². The van der Waals surface area contributed by atoms with Crippen molar-refractivity contribution >= 4 is 107 Å². The van der Waals surface area contributed by atoms with E-state index < -0.39 is 51.4 Å². The second-order valence-corrected chi connectivity index (χ2v) is 17.6. The number of aromatic carboxylic acids is 1. The number of carboxylic acid groups (broad SMARTS) is 2. The van der Waals surface area contributed by atoms with Crippen LogP contribution in [0.2, 0.25) is 0 Å². The van der Waals surface area contributed by atoms with E-state index in [1.165, 1.54) is 52.5 Å². The normalized spacial score (nSPS) is 17.6. The predicted molar refractivity (Wildman–Crippen MR) is 204 cm³/mol. The number of fused-ring (bicyclic) bond motifs is 1. The number of para-hydroxylation sites is 1. The third kappa shape index (κ3) is 7.31. The van der Waals surface area contributed by atoms with Gasteiger partial charge in [-0.05, 0) is 61.4 Å². The number of thiocarbonyl (C=S) groups is 1. The molecule has 1 fully saturated rings. The highest BCUT2D eigenvalue weighted by atomic mass is 32.2. The van der Waals surface area contributed by atoms with Crippen LogP contribution in [0.1, 0.15) is 23.7 Å².